The third-order valence-electron chi connectivity index (χ3n) is 2.70. The van der Waals surface area contributed by atoms with E-state index in [2.05, 4.69) is 21.0 Å². The highest BCUT2D eigenvalue weighted by molar-refractivity contribution is 9.10. The second-order valence-electron chi connectivity index (χ2n) is 3.96. The lowest BCUT2D eigenvalue weighted by Gasteiger charge is -2.07. The molecule has 0 bridgehead atoms. The number of alkyl halides is 2. The molecule has 1 N–H and O–H groups in total. The number of benzene rings is 1. The number of aliphatic hydroxyl groups is 1. The van der Waals surface area contributed by atoms with E-state index in [0.29, 0.717) is 5.69 Å². The molecule has 0 saturated heterocycles. The van der Waals surface area contributed by atoms with Crippen molar-refractivity contribution in [1.29, 1.82) is 0 Å². The van der Waals surface area contributed by atoms with Gasteiger partial charge in [-0.2, -0.15) is 5.10 Å². The van der Waals surface area contributed by atoms with Gasteiger partial charge in [-0.15, -0.1) is 0 Å². The molecule has 0 amide bonds. The molecule has 7 heteroatoms. The van der Waals surface area contributed by atoms with Crippen molar-refractivity contribution in [2.75, 3.05) is 0 Å². The van der Waals surface area contributed by atoms with Crippen molar-refractivity contribution >= 4 is 27.5 Å². The van der Waals surface area contributed by atoms with Gasteiger partial charge in [0.1, 0.15) is 10.8 Å². The maximum atomic E-state index is 12.8. The van der Waals surface area contributed by atoms with Gasteiger partial charge in [0.15, 0.2) is 0 Å². The number of rotatable bonds is 3. The molecule has 0 saturated carbocycles. The summed E-state index contributed by atoms with van der Waals surface area (Å²) in [5.41, 5.74) is 0.882. The van der Waals surface area contributed by atoms with E-state index in [9.17, 15) is 8.78 Å². The lowest BCUT2D eigenvalue weighted by molar-refractivity contribution is 0.141. The molecular weight excluding hydrogens is 341 g/mol. The monoisotopic (exact) mass is 350 g/mol. The quantitative estimate of drug-likeness (QED) is 0.907. The van der Waals surface area contributed by atoms with Crippen LogP contribution in [0.4, 0.5) is 8.78 Å². The van der Waals surface area contributed by atoms with Gasteiger partial charge in [-0.3, -0.25) is 0 Å². The first-order valence-electron chi connectivity index (χ1n) is 5.38. The molecule has 0 atom stereocenters. The highest BCUT2D eigenvalue weighted by Gasteiger charge is 2.23. The van der Waals surface area contributed by atoms with Crippen LogP contribution >= 0.6 is 27.5 Å². The molecule has 0 aliphatic rings. The molecule has 0 spiro atoms. The van der Waals surface area contributed by atoms with Crippen LogP contribution in [0.1, 0.15) is 23.2 Å². The Kier molecular flexibility index (Phi) is 4.23. The predicted octanol–water partition coefficient (Wildman–Crippen LogP) is 4.03. The summed E-state index contributed by atoms with van der Waals surface area (Å²) in [5.74, 6) is 0. The lowest BCUT2D eigenvalue weighted by atomic mass is 10.2. The van der Waals surface area contributed by atoms with Crippen LogP contribution in [0.2, 0.25) is 5.15 Å². The average Bonchev–Trinajstić information content (AvgIpc) is 2.66. The van der Waals surface area contributed by atoms with E-state index >= 15 is 0 Å². The fraction of sp³-hybridized carbons (Fsp3) is 0.250. The van der Waals surface area contributed by atoms with Crippen LogP contribution in [0.25, 0.3) is 5.69 Å². The Morgan fingerprint density at radius 2 is 2.16 bits per heavy atom. The summed E-state index contributed by atoms with van der Waals surface area (Å²) in [6, 6.07) is 5.31. The summed E-state index contributed by atoms with van der Waals surface area (Å²) in [6.07, 6.45) is -2.78. The van der Waals surface area contributed by atoms with Gasteiger partial charge in [-0.25, -0.2) is 13.5 Å². The minimum Gasteiger partial charge on any atom is -0.391 e. The van der Waals surface area contributed by atoms with Crippen LogP contribution in [0.15, 0.2) is 22.7 Å². The molecule has 0 fully saturated rings. The summed E-state index contributed by atoms with van der Waals surface area (Å²) in [5, 5.41) is 12.9. The average molecular weight is 352 g/mol. The number of nitrogens with zero attached hydrogens (tertiary/aromatic N) is 2. The Labute approximate surface area is 121 Å². The molecule has 1 aromatic carbocycles. The molecule has 0 aliphatic heterocycles. The molecule has 1 aromatic heterocycles. The molecule has 3 nitrogen and oxygen atoms in total. The smallest absolute Gasteiger partial charge is 0.282 e. The normalized spacial score (nSPS) is 11.3. The number of halogens is 4. The maximum absolute atomic E-state index is 12.8. The van der Waals surface area contributed by atoms with Crippen molar-refractivity contribution in [3.63, 3.8) is 0 Å². The SMILES string of the molecule is Cc1cc(Br)ccc1-n1nc(C(F)F)c(CO)c1Cl. The molecule has 2 aromatic rings. The first-order chi connectivity index (χ1) is 8.95. The van der Waals surface area contributed by atoms with E-state index in [1.165, 1.54) is 4.68 Å². The number of hydrogen-bond acceptors (Lipinski definition) is 2. The molecule has 2 rings (SSSR count). The molecule has 1 heterocycles. The molecule has 0 aliphatic carbocycles. The van der Waals surface area contributed by atoms with Gasteiger partial charge in [-0.1, -0.05) is 27.5 Å². The number of hydrogen-bond donors (Lipinski definition) is 1. The van der Waals surface area contributed by atoms with Crippen LogP contribution in [-0.4, -0.2) is 14.9 Å². The number of aromatic nitrogens is 2. The Morgan fingerprint density at radius 1 is 1.47 bits per heavy atom. The second kappa shape index (κ2) is 5.56. The molecule has 0 radical (unpaired) electrons. The highest BCUT2D eigenvalue weighted by atomic mass is 79.9. The van der Waals surface area contributed by atoms with Crippen molar-refractivity contribution in [2.45, 2.75) is 20.0 Å². The van der Waals surface area contributed by atoms with Gasteiger partial charge >= 0.3 is 0 Å². The molecule has 102 valence electrons. The minimum atomic E-state index is -2.78. The Hall–Kier alpha value is -0.980. The Balaban J connectivity index is 2.63. The fourth-order valence-corrected chi connectivity index (χ4v) is 2.54. The van der Waals surface area contributed by atoms with Gasteiger partial charge in [0.2, 0.25) is 0 Å². The van der Waals surface area contributed by atoms with E-state index in [1.54, 1.807) is 12.1 Å². The first-order valence-corrected chi connectivity index (χ1v) is 6.55. The van der Waals surface area contributed by atoms with Crippen LogP contribution in [0.3, 0.4) is 0 Å². The number of aliphatic hydroxyl groups excluding tert-OH is 1. The summed E-state index contributed by atoms with van der Waals surface area (Å²) in [6.45, 7) is 1.24. The van der Waals surface area contributed by atoms with Gasteiger partial charge in [-0.05, 0) is 30.7 Å². The maximum Gasteiger partial charge on any atom is 0.282 e. The van der Waals surface area contributed by atoms with Crippen LogP contribution in [0.5, 0.6) is 0 Å². The first kappa shape index (κ1) is 14.4. The van der Waals surface area contributed by atoms with E-state index in [0.717, 1.165) is 10.0 Å². The zero-order chi connectivity index (χ0) is 14.2. The largest absolute Gasteiger partial charge is 0.391 e. The molecule has 19 heavy (non-hydrogen) atoms. The highest BCUT2D eigenvalue weighted by Crippen LogP contribution is 2.31. The third kappa shape index (κ3) is 2.66. The summed E-state index contributed by atoms with van der Waals surface area (Å²) in [4.78, 5) is 0. The summed E-state index contributed by atoms with van der Waals surface area (Å²) < 4.78 is 27.8. The van der Waals surface area contributed by atoms with Crippen molar-refractivity contribution in [3.05, 3.63) is 44.6 Å². The standard InChI is InChI=1S/C12H10BrClF2N2O/c1-6-4-7(13)2-3-9(6)18-11(14)8(5-19)10(17-18)12(15)16/h2-4,12,19H,5H2,1H3. The molecule has 0 unspecified atom stereocenters. The van der Waals surface area contributed by atoms with E-state index in [4.69, 9.17) is 16.7 Å². The summed E-state index contributed by atoms with van der Waals surface area (Å²) >= 11 is 9.34. The molecular formula is C12H10BrClF2N2O. The minimum absolute atomic E-state index is 0.00298. The van der Waals surface area contributed by atoms with Crippen LogP contribution in [-0.2, 0) is 6.61 Å². The van der Waals surface area contributed by atoms with Gasteiger partial charge < -0.3 is 5.11 Å². The van der Waals surface area contributed by atoms with Crippen LogP contribution in [0, 0.1) is 6.92 Å². The third-order valence-corrected chi connectivity index (χ3v) is 3.59. The zero-order valence-electron chi connectivity index (χ0n) is 9.87. The predicted molar refractivity (Wildman–Crippen MR) is 71.9 cm³/mol. The van der Waals surface area contributed by atoms with Crippen molar-refractivity contribution < 1.29 is 13.9 Å². The van der Waals surface area contributed by atoms with Gasteiger partial charge in [0.05, 0.1) is 12.3 Å². The Bertz CT molecular complexity index is 616. The van der Waals surface area contributed by atoms with E-state index in [1.807, 2.05) is 13.0 Å². The number of aryl methyl sites for hydroxylation is 1. The second-order valence-corrected chi connectivity index (χ2v) is 5.23. The zero-order valence-corrected chi connectivity index (χ0v) is 12.2. The van der Waals surface area contributed by atoms with Gasteiger partial charge in [0, 0.05) is 10.0 Å². The van der Waals surface area contributed by atoms with Crippen molar-refractivity contribution in [2.24, 2.45) is 0 Å². The van der Waals surface area contributed by atoms with Crippen molar-refractivity contribution in [3.8, 4) is 5.69 Å². The summed E-state index contributed by atoms with van der Waals surface area (Å²) in [7, 11) is 0. The van der Waals surface area contributed by atoms with Gasteiger partial charge in [0.25, 0.3) is 6.43 Å². The van der Waals surface area contributed by atoms with Crippen LogP contribution < -0.4 is 0 Å². The fourth-order valence-electron chi connectivity index (χ4n) is 1.78. The Morgan fingerprint density at radius 3 is 2.63 bits per heavy atom. The lowest BCUT2D eigenvalue weighted by Crippen LogP contribution is -2.00. The van der Waals surface area contributed by atoms with Crippen molar-refractivity contribution in [1.82, 2.24) is 9.78 Å². The van der Waals surface area contributed by atoms with E-state index < -0.39 is 18.7 Å². The van der Waals surface area contributed by atoms with E-state index in [-0.39, 0.29) is 10.7 Å². The topological polar surface area (TPSA) is 38.0 Å².